The third kappa shape index (κ3) is 1.53. The number of ketones is 1. The number of nitrogens with zero attached hydrogens (tertiary/aromatic N) is 2. The van der Waals surface area contributed by atoms with E-state index in [1.165, 1.54) is 0 Å². The Balaban J connectivity index is 2.85. The van der Waals surface area contributed by atoms with E-state index in [0.29, 0.717) is 12.4 Å². The van der Waals surface area contributed by atoms with Gasteiger partial charge in [-0.1, -0.05) is 6.92 Å². The second-order valence-electron chi connectivity index (χ2n) is 2.86. The maximum absolute atomic E-state index is 11.5. The average molecular weight is 167 g/mol. The van der Waals surface area contributed by atoms with Gasteiger partial charge in [-0.15, -0.1) is 0 Å². The van der Waals surface area contributed by atoms with Crippen molar-refractivity contribution in [3.63, 3.8) is 0 Å². The van der Waals surface area contributed by atoms with Crippen molar-refractivity contribution in [1.82, 2.24) is 9.55 Å². The maximum atomic E-state index is 11.5. The Labute approximate surface area is 71.4 Å². The predicted octanol–water partition coefficient (Wildman–Crippen LogP) is 0.198. The Hall–Kier alpha value is -1.16. The summed E-state index contributed by atoms with van der Waals surface area (Å²) in [5.74, 6) is 0.337. The molecule has 0 saturated heterocycles. The van der Waals surface area contributed by atoms with Crippen molar-refractivity contribution < 1.29 is 4.79 Å². The molecule has 0 fully saturated rings. The summed E-state index contributed by atoms with van der Waals surface area (Å²) in [6.07, 6.45) is 3.35. The van der Waals surface area contributed by atoms with Gasteiger partial charge in [0.15, 0.2) is 5.82 Å². The fraction of sp³-hybridized carbons (Fsp3) is 0.500. The van der Waals surface area contributed by atoms with Crippen molar-refractivity contribution in [3.05, 3.63) is 18.2 Å². The van der Waals surface area contributed by atoms with E-state index in [2.05, 4.69) is 4.98 Å². The average Bonchev–Trinajstić information content (AvgIpc) is 2.48. The fourth-order valence-corrected chi connectivity index (χ4v) is 0.930. The maximum Gasteiger partial charge on any atom is 0.202 e. The molecule has 66 valence electrons. The first-order valence-corrected chi connectivity index (χ1v) is 3.88. The third-order valence-corrected chi connectivity index (χ3v) is 1.84. The molecule has 1 unspecified atom stereocenters. The first-order valence-electron chi connectivity index (χ1n) is 3.88. The number of hydrogen-bond acceptors (Lipinski definition) is 3. The Morgan fingerprint density at radius 1 is 1.83 bits per heavy atom. The van der Waals surface area contributed by atoms with E-state index in [0.717, 1.165) is 0 Å². The van der Waals surface area contributed by atoms with Gasteiger partial charge in [0, 0.05) is 31.9 Å². The Bertz CT molecular complexity index is 280. The van der Waals surface area contributed by atoms with E-state index in [4.69, 9.17) is 5.73 Å². The molecular weight excluding hydrogens is 154 g/mol. The highest BCUT2D eigenvalue weighted by Gasteiger charge is 2.16. The van der Waals surface area contributed by atoms with Crippen LogP contribution in [-0.2, 0) is 7.05 Å². The van der Waals surface area contributed by atoms with Gasteiger partial charge in [0.2, 0.25) is 5.78 Å². The van der Waals surface area contributed by atoms with Crippen LogP contribution in [0.25, 0.3) is 0 Å². The minimum Gasteiger partial charge on any atom is -0.332 e. The lowest BCUT2D eigenvalue weighted by Crippen LogP contribution is -2.23. The summed E-state index contributed by atoms with van der Waals surface area (Å²) < 4.78 is 1.70. The molecule has 12 heavy (non-hydrogen) atoms. The number of carbonyl (C=O) groups excluding carboxylic acids is 1. The summed E-state index contributed by atoms with van der Waals surface area (Å²) >= 11 is 0. The van der Waals surface area contributed by atoms with Gasteiger partial charge in [-0.2, -0.15) is 0 Å². The van der Waals surface area contributed by atoms with Crippen LogP contribution in [0.15, 0.2) is 12.4 Å². The lowest BCUT2D eigenvalue weighted by Gasteiger charge is -2.05. The Morgan fingerprint density at radius 3 is 2.92 bits per heavy atom. The van der Waals surface area contributed by atoms with Crippen molar-refractivity contribution in [2.24, 2.45) is 18.7 Å². The van der Waals surface area contributed by atoms with E-state index >= 15 is 0 Å². The van der Waals surface area contributed by atoms with Crippen LogP contribution in [-0.4, -0.2) is 21.9 Å². The number of rotatable bonds is 3. The van der Waals surface area contributed by atoms with E-state index in [9.17, 15) is 4.79 Å². The summed E-state index contributed by atoms with van der Waals surface area (Å²) in [4.78, 5) is 15.4. The number of carbonyl (C=O) groups is 1. The predicted molar refractivity (Wildman–Crippen MR) is 45.8 cm³/mol. The summed E-state index contributed by atoms with van der Waals surface area (Å²) in [5.41, 5.74) is 5.37. The third-order valence-electron chi connectivity index (χ3n) is 1.84. The number of imidazole rings is 1. The van der Waals surface area contributed by atoms with Gasteiger partial charge >= 0.3 is 0 Å². The van der Waals surface area contributed by atoms with Gasteiger partial charge in [0.1, 0.15) is 0 Å². The molecule has 0 aromatic carbocycles. The summed E-state index contributed by atoms with van der Waals surface area (Å²) in [5, 5.41) is 0. The van der Waals surface area contributed by atoms with Crippen LogP contribution in [0.2, 0.25) is 0 Å². The summed E-state index contributed by atoms with van der Waals surface area (Å²) in [7, 11) is 1.80. The number of nitrogens with two attached hydrogens (primary N) is 1. The number of aryl methyl sites for hydroxylation is 1. The fourth-order valence-electron chi connectivity index (χ4n) is 0.930. The van der Waals surface area contributed by atoms with Gasteiger partial charge < -0.3 is 10.3 Å². The van der Waals surface area contributed by atoms with E-state index in [1.807, 2.05) is 0 Å². The van der Waals surface area contributed by atoms with Crippen molar-refractivity contribution in [3.8, 4) is 0 Å². The van der Waals surface area contributed by atoms with Crippen LogP contribution in [0.4, 0.5) is 0 Å². The highest BCUT2D eigenvalue weighted by atomic mass is 16.1. The lowest BCUT2D eigenvalue weighted by atomic mass is 10.1. The molecule has 2 N–H and O–H groups in total. The van der Waals surface area contributed by atoms with Crippen LogP contribution in [0.5, 0.6) is 0 Å². The van der Waals surface area contributed by atoms with Crippen molar-refractivity contribution in [1.29, 1.82) is 0 Å². The zero-order valence-electron chi connectivity index (χ0n) is 7.32. The molecule has 0 bridgehead atoms. The molecule has 1 heterocycles. The lowest BCUT2D eigenvalue weighted by molar-refractivity contribution is 0.0920. The topological polar surface area (TPSA) is 60.9 Å². The molecule has 1 rings (SSSR count). The number of Topliss-reactive ketones (excluding diaryl/α,β-unsaturated/α-hetero) is 1. The van der Waals surface area contributed by atoms with Crippen LogP contribution in [0.3, 0.4) is 0 Å². The zero-order chi connectivity index (χ0) is 9.14. The minimum absolute atomic E-state index is 0.00463. The molecule has 4 nitrogen and oxygen atoms in total. The molecular formula is C8H13N3O. The van der Waals surface area contributed by atoms with E-state index in [-0.39, 0.29) is 11.7 Å². The molecule has 0 radical (unpaired) electrons. The van der Waals surface area contributed by atoms with Crippen LogP contribution >= 0.6 is 0 Å². The van der Waals surface area contributed by atoms with Gasteiger partial charge in [0.05, 0.1) is 0 Å². The monoisotopic (exact) mass is 167 g/mol. The molecule has 1 atom stereocenters. The van der Waals surface area contributed by atoms with E-state index in [1.54, 1.807) is 30.9 Å². The number of hydrogen-bond donors (Lipinski definition) is 1. The molecule has 4 heteroatoms. The van der Waals surface area contributed by atoms with Crippen LogP contribution in [0.1, 0.15) is 17.5 Å². The first kappa shape index (κ1) is 8.93. The van der Waals surface area contributed by atoms with Gasteiger partial charge in [0.25, 0.3) is 0 Å². The molecule has 0 aliphatic rings. The SMILES string of the molecule is CC(CN)C(=O)c1nccn1C. The zero-order valence-corrected chi connectivity index (χ0v) is 7.32. The van der Waals surface area contributed by atoms with Gasteiger partial charge in [-0.3, -0.25) is 4.79 Å². The highest BCUT2D eigenvalue weighted by Crippen LogP contribution is 2.04. The van der Waals surface area contributed by atoms with Crippen molar-refractivity contribution in [2.75, 3.05) is 6.54 Å². The second-order valence-corrected chi connectivity index (χ2v) is 2.86. The second kappa shape index (κ2) is 3.49. The number of aromatic nitrogens is 2. The Morgan fingerprint density at radius 2 is 2.50 bits per heavy atom. The molecule has 0 aliphatic heterocycles. The summed E-state index contributed by atoms with van der Waals surface area (Å²) in [6, 6.07) is 0. The molecule has 0 aliphatic carbocycles. The van der Waals surface area contributed by atoms with Crippen molar-refractivity contribution in [2.45, 2.75) is 6.92 Å². The van der Waals surface area contributed by atoms with Gasteiger partial charge in [-0.05, 0) is 0 Å². The van der Waals surface area contributed by atoms with E-state index < -0.39 is 0 Å². The van der Waals surface area contributed by atoms with Crippen molar-refractivity contribution >= 4 is 5.78 Å². The standard InChI is InChI=1S/C8H13N3O/c1-6(5-9)7(12)8-10-3-4-11(8)2/h3-4,6H,5,9H2,1-2H3. The highest BCUT2D eigenvalue weighted by molar-refractivity contribution is 5.94. The van der Waals surface area contributed by atoms with Crippen LogP contribution < -0.4 is 5.73 Å². The Kier molecular flexibility index (Phi) is 2.60. The molecule has 0 spiro atoms. The largest absolute Gasteiger partial charge is 0.332 e. The molecule has 0 amide bonds. The normalized spacial score (nSPS) is 12.9. The quantitative estimate of drug-likeness (QED) is 0.654. The molecule has 1 aromatic heterocycles. The molecule has 0 saturated carbocycles. The summed E-state index contributed by atoms with van der Waals surface area (Å²) in [6.45, 7) is 2.17. The first-order chi connectivity index (χ1) is 5.66. The smallest absolute Gasteiger partial charge is 0.202 e. The molecule has 1 aromatic rings. The minimum atomic E-state index is -0.147. The van der Waals surface area contributed by atoms with Crippen LogP contribution in [0, 0.1) is 5.92 Å². The van der Waals surface area contributed by atoms with Gasteiger partial charge in [-0.25, -0.2) is 4.98 Å².